The van der Waals surface area contributed by atoms with Crippen LogP contribution in [0.1, 0.15) is 18.1 Å². The summed E-state index contributed by atoms with van der Waals surface area (Å²) in [5.41, 5.74) is 9.89. The lowest BCUT2D eigenvalue weighted by molar-refractivity contribution is 0.620. The van der Waals surface area contributed by atoms with E-state index in [0.29, 0.717) is 11.3 Å². The fraction of sp³-hybridized carbons (Fsp3) is 0.200. The van der Waals surface area contributed by atoms with E-state index in [-0.39, 0.29) is 5.82 Å². The smallest absolute Gasteiger partial charge is 0.128 e. The van der Waals surface area contributed by atoms with Crippen molar-refractivity contribution in [1.29, 1.82) is 0 Å². The van der Waals surface area contributed by atoms with E-state index in [1.807, 2.05) is 18.2 Å². The molecule has 17 heavy (non-hydrogen) atoms. The van der Waals surface area contributed by atoms with Crippen molar-refractivity contribution < 1.29 is 4.39 Å². The van der Waals surface area contributed by atoms with E-state index in [1.165, 1.54) is 5.56 Å². The topological polar surface area (TPSA) is 26.0 Å². The van der Waals surface area contributed by atoms with Crippen LogP contribution in [-0.4, -0.2) is 0 Å². The molecule has 0 aliphatic rings. The highest BCUT2D eigenvalue weighted by molar-refractivity contribution is 5.69. The van der Waals surface area contributed by atoms with Crippen molar-refractivity contribution in [2.24, 2.45) is 0 Å². The number of halogens is 1. The van der Waals surface area contributed by atoms with Crippen molar-refractivity contribution in [3.63, 3.8) is 0 Å². The van der Waals surface area contributed by atoms with Gasteiger partial charge in [-0.3, -0.25) is 0 Å². The number of hydrogen-bond donors (Lipinski definition) is 1. The molecule has 0 spiro atoms. The van der Waals surface area contributed by atoms with Crippen molar-refractivity contribution in [1.82, 2.24) is 0 Å². The van der Waals surface area contributed by atoms with Crippen molar-refractivity contribution in [2.75, 3.05) is 5.73 Å². The van der Waals surface area contributed by atoms with Gasteiger partial charge in [-0.2, -0.15) is 0 Å². The zero-order chi connectivity index (χ0) is 12.4. The van der Waals surface area contributed by atoms with Gasteiger partial charge in [-0.15, -0.1) is 0 Å². The van der Waals surface area contributed by atoms with Crippen molar-refractivity contribution in [3.8, 4) is 11.1 Å². The van der Waals surface area contributed by atoms with Gasteiger partial charge >= 0.3 is 0 Å². The molecule has 0 saturated carbocycles. The Labute approximate surface area is 101 Å². The Balaban J connectivity index is 2.52. The Bertz CT molecular complexity index is 523. The molecule has 2 rings (SSSR count). The van der Waals surface area contributed by atoms with Crippen LogP contribution in [0.25, 0.3) is 11.1 Å². The number of benzene rings is 2. The van der Waals surface area contributed by atoms with Gasteiger partial charge in [0, 0.05) is 11.3 Å². The molecule has 0 radical (unpaired) electrons. The molecule has 0 atom stereocenters. The predicted octanol–water partition coefficient (Wildman–Crippen LogP) is 3.95. The van der Waals surface area contributed by atoms with Crippen LogP contribution in [0.2, 0.25) is 0 Å². The third-order valence-electron chi connectivity index (χ3n) is 3.05. The molecular weight excluding hydrogens is 213 g/mol. The Morgan fingerprint density at radius 1 is 1.12 bits per heavy atom. The van der Waals surface area contributed by atoms with Gasteiger partial charge in [0.15, 0.2) is 0 Å². The van der Waals surface area contributed by atoms with Crippen LogP contribution in [0.15, 0.2) is 36.4 Å². The molecule has 2 heteroatoms. The maximum atomic E-state index is 13.6. The van der Waals surface area contributed by atoms with E-state index in [2.05, 4.69) is 19.1 Å². The molecule has 0 bridgehead atoms. The summed E-state index contributed by atoms with van der Waals surface area (Å²) in [6.45, 7) is 3.79. The summed E-state index contributed by atoms with van der Waals surface area (Å²) in [6.07, 6.45) is 0.970. The molecule has 88 valence electrons. The van der Waals surface area contributed by atoms with Crippen LogP contribution in [0.5, 0.6) is 0 Å². The SMILES string of the molecule is CCc1cccc(-c2cc(N)c(C)c(F)c2)c1. The molecule has 0 heterocycles. The summed E-state index contributed by atoms with van der Waals surface area (Å²) in [5.74, 6) is -0.248. The summed E-state index contributed by atoms with van der Waals surface area (Å²) >= 11 is 0. The Hall–Kier alpha value is -1.83. The number of nitrogens with two attached hydrogens (primary N) is 1. The molecule has 0 saturated heterocycles. The second-order valence-corrected chi connectivity index (χ2v) is 4.23. The third-order valence-corrected chi connectivity index (χ3v) is 3.05. The van der Waals surface area contributed by atoms with Gasteiger partial charge in [0.05, 0.1) is 0 Å². The fourth-order valence-corrected chi connectivity index (χ4v) is 1.84. The van der Waals surface area contributed by atoms with Crippen LogP contribution in [-0.2, 0) is 6.42 Å². The lowest BCUT2D eigenvalue weighted by Gasteiger charge is -2.08. The Morgan fingerprint density at radius 3 is 2.53 bits per heavy atom. The number of hydrogen-bond acceptors (Lipinski definition) is 1. The Morgan fingerprint density at radius 2 is 1.88 bits per heavy atom. The lowest BCUT2D eigenvalue weighted by atomic mass is 10.00. The number of anilines is 1. The van der Waals surface area contributed by atoms with Gasteiger partial charge in [-0.05, 0) is 42.2 Å². The first-order valence-electron chi connectivity index (χ1n) is 5.76. The maximum Gasteiger partial charge on any atom is 0.128 e. The van der Waals surface area contributed by atoms with E-state index < -0.39 is 0 Å². The second-order valence-electron chi connectivity index (χ2n) is 4.23. The first-order valence-corrected chi connectivity index (χ1v) is 5.76. The monoisotopic (exact) mass is 229 g/mol. The minimum absolute atomic E-state index is 0.248. The van der Waals surface area contributed by atoms with Crippen LogP contribution < -0.4 is 5.73 Å². The lowest BCUT2D eigenvalue weighted by Crippen LogP contribution is -1.94. The summed E-state index contributed by atoms with van der Waals surface area (Å²) in [5, 5.41) is 0. The minimum Gasteiger partial charge on any atom is -0.398 e. The molecule has 2 aromatic carbocycles. The van der Waals surface area contributed by atoms with E-state index >= 15 is 0 Å². The summed E-state index contributed by atoms with van der Waals surface area (Å²) in [7, 11) is 0. The third kappa shape index (κ3) is 2.31. The zero-order valence-electron chi connectivity index (χ0n) is 10.1. The number of nitrogen functional groups attached to an aromatic ring is 1. The van der Waals surface area contributed by atoms with Crippen molar-refractivity contribution in [3.05, 3.63) is 53.3 Å². The molecule has 1 nitrogen and oxygen atoms in total. The summed E-state index contributed by atoms with van der Waals surface area (Å²) < 4.78 is 13.6. The average molecular weight is 229 g/mol. The zero-order valence-corrected chi connectivity index (χ0v) is 10.1. The number of aryl methyl sites for hydroxylation is 1. The van der Waals surface area contributed by atoms with Gasteiger partial charge in [0.25, 0.3) is 0 Å². The molecule has 0 amide bonds. The number of rotatable bonds is 2. The highest BCUT2D eigenvalue weighted by atomic mass is 19.1. The molecule has 0 unspecified atom stereocenters. The van der Waals surface area contributed by atoms with Crippen LogP contribution in [0.3, 0.4) is 0 Å². The fourth-order valence-electron chi connectivity index (χ4n) is 1.84. The van der Waals surface area contributed by atoms with E-state index in [4.69, 9.17) is 5.73 Å². The van der Waals surface area contributed by atoms with Gasteiger partial charge in [0.2, 0.25) is 0 Å². The van der Waals surface area contributed by atoms with Gasteiger partial charge in [0.1, 0.15) is 5.82 Å². The van der Waals surface area contributed by atoms with Crippen LogP contribution >= 0.6 is 0 Å². The first-order chi connectivity index (χ1) is 8.11. The van der Waals surface area contributed by atoms with Crippen molar-refractivity contribution >= 4 is 5.69 Å². The highest BCUT2D eigenvalue weighted by Crippen LogP contribution is 2.26. The molecule has 0 aliphatic carbocycles. The molecule has 0 aromatic heterocycles. The van der Waals surface area contributed by atoms with Gasteiger partial charge < -0.3 is 5.73 Å². The normalized spacial score (nSPS) is 10.5. The largest absolute Gasteiger partial charge is 0.398 e. The van der Waals surface area contributed by atoms with E-state index in [1.54, 1.807) is 13.0 Å². The quantitative estimate of drug-likeness (QED) is 0.775. The molecule has 0 aliphatic heterocycles. The van der Waals surface area contributed by atoms with Gasteiger partial charge in [-0.25, -0.2) is 4.39 Å². The van der Waals surface area contributed by atoms with Crippen LogP contribution in [0.4, 0.5) is 10.1 Å². The van der Waals surface area contributed by atoms with Gasteiger partial charge in [-0.1, -0.05) is 31.2 Å². The predicted molar refractivity (Wildman–Crippen MR) is 70.4 cm³/mol. The van der Waals surface area contributed by atoms with Crippen LogP contribution in [0, 0.1) is 12.7 Å². The maximum absolute atomic E-state index is 13.6. The summed E-state index contributed by atoms with van der Waals surface area (Å²) in [4.78, 5) is 0. The second kappa shape index (κ2) is 4.58. The average Bonchev–Trinajstić information content (AvgIpc) is 2.35. The van der Waals surface area contributed by atoms with Crippen molar-refractivity contribution in [2.45, 2.75) is 20.3 Å². The molecule has 0 fully saturated rings. The highest BCUT2D eigenvalue weighted by Gasteiger charge is 2.06. The summed E-state index contributed by atoms with van der Waals surface area (Å²) in [6, 6.07) is 11.5. The molecule has 2 aromatic rings. The molecule has 2 N–H and O–H groups in total. The Kier molecular flexibility index (Phi) is 3.14. The first kappa shape index (κ1) is 11.6. The standard InChI is InChI=1S/C15H16FN/c1-3-11-5-4-6-12(7-11)13-8-14(16)10(2)15(17)9-13/h4-9H,3,17H2,1-2H3. The molecular formula is C15H16FN. The van der Waals surface area contributed by atoms with E-state index in [0.717, 1.165) is 17.5 Å². The minimum atomic E-state index is -0.248. The van der Waals surface area contributed by atoms with E-state index in [9.17, 15) is 4.39 Å².